The highest BCUT2D eigenvalue weighted by atomic mass is 32.1. The number of nitrogens with zero attached hydrogens (tertiary/aromatic N) is 1. The fraction of sp³-hybridized carbons (Fsp3) is 0.200. The van der Waals surface area contributed by atoms with Crippen molar-refractivity contribution >= 4 is 27.5 Å². The van der Waals surface area contributed by atoms with Gasteiger partial charge in [0.15, 0.2) is 0 Å². The van der Waals surface area contributed by atoms with Crippen LogP contribution in [0.1, 0.15) is 15.4 Å². The molecule has 0 atom stereocenters. The fourth-order valence-electron chi connectivity index (χ4n) is 1.37. The van der Waals surface area contributed by atoms with Gasteiger partial charge in [0.2, 0.25) is 5.91 Å². The summed E-state index contributed by atoms with van der Waals surface area (Å²) in [5.41, 5.74) is 5.79. The maximum absolute atomic E-state index is 12.2. The summed E-state index contributed by atoms with van der Waals surface area (Å²) >= 11 is 0.917. The zero-order chi connectivity index (χ0) is 12.6. The minimum atomic E-state index is -4.28. The molecule has 0 fully saturated rings. The van der Waals surface area contributed by atoms with Gasteiger partial charge in [0.05, 0.1) is 16.6 Å². The van der Waals surface area contributed by atoms with Crippen LogP contribution in [0.25, 0.3) is 10.2 Å². The third-order valence-electron chi connectivity index (χ3n) is 2.07. The first-order valence-corrected chi connectivity index (χ1v) is 5.43. The quantitative estimate of drug-likeness (QED) is 0.901. The Bertz CT molecular complexity index is 576. The summed E-state index contributed by atoms with van der Waals surface area (Å²) in [5.74, 6) is -0.613. The number of hydrogen-bond acceptors (Lipinski definition) is 3. The van der Waals surface area contributed by atoms with E-state index < -0.39 is 18.5 Å². The number of nitrogens with two attached hydrogens (primary N) is 1. The Hall–Kier alpha value is -1.63. The van der Waals surface area contributed by atoms with Crippen LogP contribution in [0, 0.1) is 0 Å². The molecule has 0 saturated carbocycles. The molecule has 0 aliphatic rings. The number of hydrogen-bond donors (Lipinski definition) is 1. The molecule has 1 amide bonds. The third kappa shape index (κ3) is 2.73. The highest BCUT2D eigenvalue weighted by molar-refractivity contribution is 7.18. The van der Waals surface area contributed by atoms with Crippen molar-refractivity contribution in [2.75, 3.05) is 0 Å². The molecule has 0 saturated heterocycles. The summed E-state index contributed by atoms with van der Waals surface area (Å²) in [6, 6.07) is 4.39. The number of amides is 1. The monoisotopic (exact) mass is 260 g/mol. The molecule has 0 unspecified atom stereocenters. The van der Waals surface area contributed by atoms with Crippen molar-refractivity contribution in [3.05, 3.63) is 28.8 Å². The van der Waals surface area contributed by atoms with Gasteiger partial charge in [-0.25, -0.2) is 4.98 Å². The van der Waals surface area contributed by atoms with E-state index >= 15 is 0 Å². The number of fused-ring (bicyclic) bond motifs is 1. The predicted octanol–water partition coefficient (Wildman–Crippen LogP) is 2.50. The fourth-order valence-corrected chi connectivity index (χ4v) is 2.41. The normalized spacial score (nSPS) is 11.9. The summed E-state index contributed by atoms with van der Waals surface area (Å²) in [4.78, 5) is 14.8. The van der Waals surface area contributed by atoms with Crippen molar-refractivity contribution in [2.24, 2.45) is 5.73 Å². The van der Waals surface area contributed by atoms with Crippen molar-refractivity contribution < 1.29 is 18.0 Å². The van der Waals surface area contributed by atoms with E-state index in [1.165, 1.54) is 18.2 Å². The summed E-state index contributed by atoms with van der Waals surface area (Å²) in [5, 5.41) is -0.0193. The minimum absolute atomic E-state index is 0.0193. The molecule has 3 nitrogen and oxygen atoms in total. The topological polar surface area (TPSA) is 56.0 Å². The first kappa shape index (κ1) is 11.8. The lowest BCUT2D eigenvalue weighted by Gasteiger charge is -2.00. The second-order valence-corrected chi connectivity index (χ2v) is 4.56. The van der Waals surface area contributed by atoms with Gasteiger partial charge in [-0.1, -0.05) is 0 Å². The Morgan fingerprint density at radius 3 is 2.71 bits per heavy atom. The van der Waals surface area contributed by atoms with E-state index in [0.717, 1.165) is 11.3 Å². The van der Waals surface area contributed by atoms with E-state index in [0.29, 0.717) is 10.2 Å². The number of aromatic nitrogens is 1. The molecule has 0 aliphatic carbocycles. The third-order valence-corrected chi connectivity index (χ3v) is 3.09. The van der Waals surface area contributed by atoms with Crippen molar-refractivity contribution in [3.8, 4) is 0 Å². The summed E-state index contributed by atoms with van der Waals surface area (Å²) in [6.45, 7) is 0. The Labute approximate surface area is 98.1 Å². The molecular weight excluding hydrogens is 253 g/mol. The van der Waals surface area contributed by atoms with E-state index in [-0.39, 0.29) is 10.6 Å². The molecule has 0 radical (unpaired) electrons. The molecular formula is C10H7F3N2OS. The van der Waals surface area contributed by atoms with E-state index in [4.69, 9.17) is 5.73 Å². The number of thiazole rings is 1. The average Bonchev–Trinajstić information content (AvgIpc) is 2.54. The molecule has 0 bridgehead atoms. The number of halogens is 3. The SMILES string of the molecule is NC(=O)c1ccc2nc(CC(F)(F)F)sc2c1. The van der Waals surface area contributed by atoms with E-state index in [2.05, 4.69) is 4.98 Å². The molecule has 0 spiro atoms. The van der Waals surface area contributed by atoms with E-state index in [1.807, 2.05) is 0 Å². The van der Waals surface area contributed by atoms with Gasteiger partial charge in [0.1, 0.15) is 5.01 Å². The van der Waals surface area contributed by atoms with Crippen molar-refractivity contribution in [3.63, 3.8) is 0 Å². The van der Waals surface area contributed by atoms with Gasteiger partial charge in [-0.15, -0.1) is 11.3 Å². The maximum Gasteiger partial charge on any atom is 0.395 e. The lowest BCUT2D eigenvalue weighted by Crippen LogP contribution is -2.10. The lowest BCUT2D eigenvalue weighted by atomic mass is 10.2. The van der Waals surface area contributed by atoms with Gasteiger partial charge < -0.3 is 5.73 Å². The largest absolute Gasteiger partial charge is 0.395 e. The standard InChI is InChI=1S/C10H7F3N2OS/c11-10(12,13)4-8-15-6-2-1-5(9(14)16)3-7(6)17-8/h1-3H,4H2,(H2,14,16). The number of carbonyl (C=O) groups excluding carboxylic acids is 1. The number of rotatable bonds is 2. The Morgan fingerprint density at radius 1 is 1.41 bits per heavy atom. The smallest absolute Gasteiger partial charge is 0.366 e. The number of carbonyl (C=O) groups is 1. The van der Waals surface area contributed by atoms with E-state index in [1.54, 1.807) is 0 Å². The number of primary amides is 1. The number of benzene rings is 1. The van der Waals surface area contributed by atoms with Crippen molar-refractivity contribution in [1.82, 2.24) is 4.98 Å². The second-order valence-electron chi connectivity index (χ2n) is 3.45. The van der Waals surface area contributed by atoms with Crippen LogP contribution in [0.3, 0.4) is 0 Å². The first-order chi connectivity index (χ1) is 7.85. The average molecular weight is 260 g/mol. The van der Waals surface area contributed by atoms with Crippen LogP contribution in [-0.4, -0.2) is 17.1 Å². The van der Waals surface area contributed by atoms with E-state index in [9.17, 15) is 18.0 Å². The second kappa shape index (κ2) is 3.99. The zero-order valence-electron chi connectivity index (χ0n) is 8.41. The zero-order valence-corrected chi connectivity index (χ0v) is 9.23. The van der Waals surface area contributed by atoms with Crippen LogP contribution in [0.2, 0.25) is 0 Å². The molecule has 2 N–H and O–H groups in total. The van der Waals surface area contributed by atoms with Gasteiger partial charge in [-0.3, -0.25) is 4.79 Å². The van der Waals surface area contributed by atoms with Gasteiger partial charge >= 0.3 is 6.18 Å². The molecule has 1 heterocycles. The summed E-state index contributed by atoms with van der Waals surface area (Å²) < 4.78 is 37.0. The van der Waals surface area contributed by atoms with Gasteiger partial charge in [-0.2, -0.15) is 13.2 Å². The van der Waals surface area contributed by atoms with Crippen molar-refractivity contribution in [2.45, 2.75) is 12.6 Å². The predicted molar refractivity (Wildman–Crippen MR) is 57.9 cm³/mol. The Balaban J connectivity index is 2.40. The van der Waals surface area contributed by atoms with Crippen molar-refractivity contribution in [1.29, 1.82) is 0 Å². The molecule has 0 aliphatic heterocycles. The van der Waals surface area contributed by atoms with Crippen LogP contribution in [0.5, 0.6) is 0 Å². The summed E-state index contributed by atoms with van der Waals surface area (Å²) in [6.07, 6.45) is -5.33. The lowest BCUT2D eigenvalue weighted by molar-refractivity contribution is -0.127. The highest BCUT2D eigenvalue weighted by Gasteiger charge is 2.29. The van der Waals surface area contributed by atoms with Crippen LogP contribution >= 0.6 is 11.3 Å². The molecule has 2 aromatic rings. The van der Waals surface area contributed by atoms with Crippen LogP contribution in [-0.2, 0) is 6.42 Å². The van der Waals surface area contributed by atoms with Crippen LogP contribution in [0.4, 0.5) is 13.2 Å². The first-order valence-electron chi connectivity index (χ1n) is 4.61. The Kier molecular flexibility index (Phi) is 2.78. The molecule has 17 heavy (non-hydrogen) atoms. The maximum atomic E-state index is 12.2. The van der Waals surface area contributed by atoms with Gasteiger partial charge in [0.25, 0.3) is 0 Å². The minimum Gasteiger partial charge on any atom is -0.366 e. The van der Waals surface area contributed by atoms with Crippen LogP contribution in [0.15, 0.2) is 18.2 Å². The Morgan fingerprint density at radius 2 is 2.12 bits per heavy atom. The van der Waals surface area contributed by atoms with Gasteiger partial charge in [-0.05, 0) is 18.2 Å². The molecule has 2 rings (SSSR count). The highest BCUT2D eigenvalue weighted by Crippen LogP contribution is 2.28. The summed E-state index contributed by atoms with van der Waals surface area (Å²) in [7, 11) is 0. The molecule has 90 valence electrons. The number of alkyl halides is 3. The molecule has 1 aromatic heterocycles. The molecule has 1 aromatic carbocycles. The van der Waals surface area contributed by atoms with Crippen LogP contribution < -0.4 is 5.73 Å². The van der Waals surface area contributed by atoms with Gasteiger partial charge in [0, 0.05) is 5.56 Å². The molecule has 7 heteroatoms.